The van der Waals surface area contributed by atoms with Crippen molar-refractivity contribution in [2.24, 2.45) is 0 Å². The summed E-state index contributed by atoms with van der Waals surface area (Å²) >= 11 is 1.44. The number of halogens is 1. The Kier molecular flexibility index (Phi) is 5.30. The maximum absolute atomic E-state index is 13.2. The van der Waals surface area contributed by atoms with Crippen LogP contribution in [-0.2, 0) is 11.3 Å². The van der Waals surface area contributed by atoms with Gasteiger partial charge in [0.25, 0.3) is 5.91 Å². The third-order valence-electron chi connectivity index (χ3n) is 4.17. The van der Waals surface area contributed by atoms with Crippen molar-refractivity contribution >= 4 is 32.6 Å². The number of rotatable bonds is 6. The molecule has 28 heavy (non-hydrogen) atoms. The molecule has 140 valence electrons. The molecule has 0 spiro atoms. The summed E-state index contributed by atoms with van der Waals surface area (Å²) in [5, 5.41) is 0.590. The lowest BCUT2D eigenvalue weighted by molar-refractivity contribution is -0.120. The molecule has 0 atom stereocenters. The summed E-state index contributed by atoms with van der Waals surface area (Å²) in [6.07, 6.45) is 0. The van der Waals surface area contributed by atoms with Gasteiger partial charge in [-0.05, 0) is 42.0 Å². The quantitative estimate of drug-likeness (QED) is 0.461. The Labute approximate surface area is 165 Å². The Morgan fingerprint density at radius 3 is 2.43 bits per heavy atom. The second-order valence-electron chi connectivity index (χ2n) is 6.17. The monoisotopic (exact) mass is 392 g/mol. The van der Waals surface area contributed by atoms with Crippen molar-refractivity contribution in [3.63, 3.8) is 0 Å². The Morgan fingerprint density at radius 2 is 1.68 bits per heavy atom. The number of hydrogen-bond acceptors (Lipinski definition) is 4. The lowest BCUT2D eigenvalue weighted by atomic mass is 10.2. The fraction of sp³-hybridized carbons (Fsp3) is 0.0909. The van der Waals surface area contributed by atoms with Crippen LogP contribution in [0.25, 0.3) is 10.2 Å². The van der Waals surface area contributed by atoms with Crippen LogP contribution >= 0.6 is 11.3 Å². The van der Waals surface area contributed by atoms with Crippen molar-refractivity contribution in [1.29, 1.82) is 0 Å². The fourth-order valence-corrected chi connectivity index (χ4v) is 3.73. The number of hydrogen-bond donors (Lipinski definition) is 0. The average molecular weight is 392 g/mol. The molecule has 1 amide bonds. The van der Waals surface area contributed by atoms with Crippen molar-refractivity contribution < 1.29 is 13.9 Å². The highest BCUT2D eigenvalue weighted by Crippen LogP contribution is 2.30. The molecule has 3 aromatic carbocycles. The lowest BCUT2D eigenvalue weighted by Crippen LogP contribution is -2.34. The summed E-state index contributed by atoms with van der Waals surface area (Å²) in [4.78, 5) is 19.1. The van der Waals surface area contributed by atoms with Crippen LogP contribution in [0.5, 0.6) is 5.75 Å². The minimum absolute atomic E-state index is 0.110. The first kappa shape index (κ1) is 18.1. The molecule has 0 bridgehead atoms. The van der Waals surface area contributed by atoms with E-state index in [1.54, 1.807) is 29.2 Å². The van der Waals surface area contributed by atoms with E-state index in [2.05, 4.69) is 4.98 Å². The number of carbonyl (C=O) groups is 1. The molecular formula is C22H17FN2O2S. The smallest absolute Gasteiger partial charge is 0.267 e. The number of nitrogens with zero attached hydrogens (tertiary/aromatic N) is 2. The molecule has 4 nitrogen and oxygen atoms in total. The minimum Gasteiger partial charge on any atom is -0.484 e. The largest absolute Gasteiger partial charge is 0.484 e. The third kappa shape index (κ3) is 4.18. The standard InChI is InChI=1S/C22H17FN2O2S/c23-17-12-10-16(11-13-17)14-25(21(26)15-27-18-6-2-1-3-7-18)22-24-19-8-4-5-9-20(19)28-22/h1-13H,14-15H2. The zero-order chi connectivity index (χ0) is 19.3. The molecule has 1 aromatic heterocycles. The Bertz CT molecular complexity index is 1050. The van der Waals surface area contributed by atoms with Crippen molar-refractivity contribution in [3.8, 4) is 5.75 Å². The van der Waals surface area contributed by atoms with Crippen LogP contribution in [0.15, 0.2) is 78.9 Å². The Morgan fingerprint density at radius 1 is 0.964 bits per heavy atom. The molecule has 0 unspecified atom stereocenters. The van der Waals surface area contributed by atoms with E-state index in [-0.39, 0.29) is 24.9 Å². The number of ether oxygens (including phenoxy) is 1. The molecule has 6 heteroatoms. The average Bonchev–Trinajstić information content (AvgIpc) is 3.16. The van der Waals surface area contributed by atoms with Crippen molar-refractivity contribution in [3.05, 3.63) is 90.2 Å². The summed E-state index contributed by atoms with van der Waals surface area (Å²) in [6, 6.07) is 23.0. The second kappa shape index (κ2) is 8.19. The molecular weight excluding hydrogens is 375 g/mol. The zero-order valence-electron chi connectivity index (χ0n) is 14.9. The highest BCUT2D eigenvalue weighted by atomic mass is 32.1. The number of amides is 1. The van der Waals surface area contributed by atoms with Crippen LogP contribution in [0.3, 0.4) is 0 Å². The van der Waals surface area contributed by atoms with Gasteiger partial charge in [0.05, 0.1) is 16.8 Å². The van der Waals surface area contributed by atoms with Crippen LogP contribution in [-0.4, -0.2) is 17.5 Å². The SMILES string of the molecule is O=C(COc1ccccc1)N(Cc1ccc(F)cc1)c1nc2ccccc2s1. The van der Waals surface area contributed by atoms with Crippen molar-refractivity contribution in [2.45, 2.75) is 6.54 Å². The minimum atomic E-state index is -0.311. The van der Waals surface area contributed by atoms with E-state index in [1.165, 1.54) is 23.5 Å². The van der Waals surface area contributed by atoms with Crippen LogP contribution in [0.1, 0.15) is 5.56 Å². The highest BCUT2D eigenvalue weighted by Gasteiger charge is 2.21. The van der Waals surface area contributed by atoms with E-state index in [0.29, 0.717) is 10.9 Å². The maximum Gasteiger partial charge on any atom is 0.267 e. The molecule has 0 saturated heterocycles. The molecule has 0 aliphatic heterocycles. The molecule has 0 radical (unpaired) electrons. The number of para-hydroxylation sites is 2. The molecule has 0 aliphatic rings. The van der Waals surface area contributed by atoms with Gasteiger partial charge in [-0.3, -0.25) is 9.69 Å². The molecule has 0 N–H and O–H groups in total. The molecule has 4 rings (SSSR count). The van der Waals surface area contributed by atoms with Crippen molar-refractivity contribution in [1.82, 2.24) is 4.98 Å². The number of anilines is 1. The van der Waals surface area contributed by atoms with Crippen molar-refractivity contribution in [2.75, 3.05) is 11.5 Å². The Balaban J connectivity index is 1.60. The summed E-state index contributed by atoms with van der Waals surface area (Å²) in [5.41, 5.74) is 1.65. The van der Waals surface area contributed by atoms with Gasteiger partial charge >= 0.3 is 0 Å². The summed E-state index contributed by atoms with van der Waals surface area (Å²) < 4.78 is 19.9. The predicted molar refractivity (Wildman–Crippen MR) is 109 cm³/mol. The van der Waals surface area contributed by atoms with Gasteiger partial charge in [-0.2, -0.15) is 0 Å². The van der Waals surface area contributed by atoms with E-state index in [9.17, 15) is 9.18 Å². The van der Waals surface area contributed by atoms with E-state index < -0.39 is 0 Å². The topological polar surface area (TPSA) is 42.4 Å². The van der Waals surface area contributed by atoms with Gasteiger partial charge in [0, 0.05) is 0 Å². The number of thiazole rings is 1. The van der Waals surface area contributed by atoms with E-state index in [4.69, 9.17) is 4.74 Å². The highest BCUT2D eigenvalue weighted by molar-refractivity contribution is 7.22. The first-order chi connectivity index (χ1) is 13.7. The summed E-state index contributed by atoms with van der Waals surface area (Å²) in [7, 11) is 0. The first-order valence-corrected chi connectivity index (χ1v) is 9.59. The van der Waals surface area contributed by atoms with Crippen LogP contribution in [0.4, 0.5) is 9.52 Å². The van der Waals surface area contributed by atoms with Crippen LogP contribution in [0.2, 0.25) is 0 Å². The van der Waals surface area contributed by atoms with Gasteiger partial charge in [0.2, 0.25) is 0 Å². The fourth-order valence-electron chi connectivity index (χ4n) is 2.75. The molecule has 0 saturated carbocycles. The summed E-state index contributed by atoms with van der Waals surface area (Å²) in [6.45, 7) is 0.179. The third-order valence-corrected chi connectivity index (χ3v) is 5.23. The molecule has 1 heterocycles. The number of aromatic nitrogens is 1. The van der Waals surface area contributed by atoms with Gasteiger partial charge in [-0.1, -0.05) is 53.8 Å². The molecule has 4 aromatic rings. The lowest BCUT2D eigenvalue weighted by Gasteiger charge is -2.20. The second-order valence-corrected chi connectivity index (χ2v) is 7.18. The molecule has 0 aliphatic carbocycles. The van der Waals surface area contributed by atoms with Gasteiger partial charge in [0.15, 0.2) is 11.7 Å². The normalized spacial score (nSPS) is 10.8. The molecule has 0 fully saturated rings. The van der Waals surface area contributed by atoms with Crippen LogP contribution in [0, 0.1) is 5.82 Å². The van der Waals surface area contributed by atoms with Gasteiger partial charge < -0.3 is 4.74 Å². The van der Waals surface area contributed by atoms with E-state index in [0.717, 1.165) is 15.8 Å². The number of carbonyl (C=O) groups excluding carboxylic acids is 1. The van der Waals surface area contributed by atoms with E-state index >= 15 is 0 Å². The predicted octanol–water partition coefficient (Wildman–Crippen LogP) is 5.05. The maximum atomic E-state index is 13.2. The van der Waals surface area contributed by atoms with Gasteiger partial charge in [-0.15, -0.1) is 0 Å². The number of fused-ring (bicyclic) bond motifs is 1. The summed E-state index contributed by atoms with van der Waals surface area (Å²) in [5.74, 6) is 0.100. The van der Waals surface area contributed by atoms with Crippen LogP contribution < -0.4 is 9.64 Å². The first-order valence-electron chi connectivity index (χ1n) is 8.77. The Hall–Kier alpha value is -3.25. The number of benzene rings is 3. The van der Waals surface area contributed by atoms with Gasteiger partial charge in [-0.25, -0.2) is 9.37 Å². The van der Waals surface area contributed by atoms with E-state index in [1.807, 2.05) is 42.5 Å². The zero-order valence-corrected chi connectivity index (χ0v) is 15.7. The van der Waals surface area contributed by atoms with Gasteiger partial charge in [0.1, 0.15) is 11.6 Å².